The molecule has 6 heteroatoms. The minimum atomic E-state index is -0.550. The summed E-state index contributed by atoms with van der Waals surface area (Å²) in [6.07, 6.45) is 0.828. The SMILES string of the molecule is CC(C)(C)OC(=O)NCC#Cc1cc(C#N)cnc1Cl. The lowest BCUT2D eigenvalue weighted by molar-refractivity contribution is 0.0535. The van der Waals surface area contributed by atoms with E-state index in [-0.39, 0.29) is 11.7 Å². The first-order chi connectivity index (χ1) is 9.31. The van der Waals surface area contributed by atoms with Crippen molar-refractivity contribution in [1.29, 1.82) is 5.26 Å². The van der Waals surface area contributed by atoms with Crippen LogP contribution < -0.4 is 5.32 Å². The monoisotopic (exact) mass is 291 g/mol. The standard InChI is InChI=1S/C14H14ClN3O2/c1-14(2,3)20-13(19)17-6-4-5-11-7-10(8-16)9-18-12(11)15/h7,9H,6H2,1-3H3,(H,17,19). The number of nitriles is 1. The van der Waals surface area contributed by atoms with E-state index in [0.29, 0.717) is 11.1 Å². The van der Waals surface area contributed by atoms with Crippen LogP contribution in [0, 0.1) is 23.2 Å². The maximum Gasteiger partial charge on any atom is 0.408 e. The van der Waals surface area contributed by atoms with E-state index < -0.39 is 11.7 Å². The van der Waals surface area contributed by atoms with E-state index in [0.717, 1.165) is 0 Å². The third kappa shape index (κ3) is 5.60. The van der Waals surface area contributed by atoms with Crippen molar-refractivity contribution < 1.29 is 9.53 Å². The van der Waals surface area contributed by atoms with Crippen molar-refractivity contribution in [1.82, 2.24) is 10.3 Å². The van der Waals surface area contributed by atoms with Gasteiger partial charge in [-0.3, -0.25) is 0 Å². The molecule has 0 bridgehead atoms. The number of rotatable bonds is 1. The van der Waals surface area contributed by atoms with Gasteiger partial charge in [0.15, 0.2) is 0 Å². The molecule has 1 N–H and O–H groups in total. The fourth-order valence-electron chi connectivity index (χ4n) is 1.17. The predicted octanol–water partition coefficient (Wildman–Crippen LogP) is 2.48. The van der Waals surface area contributed by atoms with Crippen LogP contribution in [0.1, 0.15) is 31.9 Å². The van der Waals surface area contributed by atoms with Crippen LogP contribution in [0.3, 0.4) is 0 Å². The van der Waals surface area contributed by atoms with Crippen LogP contribution in [0.25, 0.3) is 0 Å². The van der Waals surface area contributed by atoms with Gasteiger partial charge in [-0.15, -0.1) is 0 Å². The summed E-state index contributed by atoms with van der Waals surface area (Å²) in [6, 6.07) is 3.49. The summed E-state index contributed by atoms with van der Waals surface area (Å²) in [5.41, 5.74) is 0.266. The number of nitrogens with one attached hydrogen (secondary N) is 1. The number of carbonyl (C=O) groups is 1. The predicted molar refractivity (Wildman–Crippen MR) is 75.1 cm³/mol. The molecule has 1 rings (SSSR count). The van der Waals surface area contributed by atoms with Gasteiger partial charge in [0.1, 0.15) is 16.8 Å². The van der Waals surface area contributed by atoms with Gasteiger partial charge in [0, 0.05) is 6.20 Å². The maximum absolute atomic E-state index is 11.4. The van der Waals surface area contributed by atoms with Crippen LogP contribution in [0.2, 0.25) is 5.15 Å². The van der Waals surface area contributed by atoms with Crippen LogP contribution in [-0.4, -0.2) is 23.2 Å². The zero-order valence-corrected chi connectivity index (χ0v) is 12.2. The van der Waals surface area contributed by atoms with Gasteiger partial charge >= 0.3 is 6.09 Å². The molecule has 0 spiro atoms. The van der Waals surface area contributed by atoms with Gasteiger partial charge in [-0.05, 0) is 26.8 Å². The van der Waals surface area contributed by atoms with E-state index in [1.165, 1.54) is 12.3 Å². The summed E-state index contributed by atoms with van der Waals surface area (Å²) < 4.78 is 5.05. The second-order valence-corrected chi connectivity index (χ2v) is 5.19. The van der Waals surface area contributed by atoms with Crippen LogP contribution in [-0.2, 0) is 4.74 Å². The Bertz CT molecular complexity index is 604. The molecule has 0 atom stereocenters. The quantitative estimate of drug-likeness (QED) is 0.637. The number of aromatic nitrogens is 1. The van der Waals surface area contributed by atoms with Gasteiger partial charge in [0.25, 0.3) is 0 Å². The minimum Gasteiger partial charge on any atom is -0.444 e. The molecule has 104 valence electrons. The summed E-state index contributed by atoms with van der Waals surface area (Å²) in [5.74, 6) is 5.45. The van der Waals surface area contributed by atoms with E-state index in [9.17, 15) is 4.79 Å². The molecular weight excluding hydrogens is 278 g/mol. The van der Waals surface area contributed by atoms with Gasteiger partial charge in [0.2, 0.25) is 0 Å². The molecule has 0 aliphatic carbocycles. The Morgan fingerprint density at radius 1 is 1.55 bits per heavy atom. The maximum atomic E-state index is 11.4. The molecule has 0 saturated heterocycles. The normalized spacial score (nSPS) is 9.95. The van der Waals surface area contributed by atoms with Gasteiger partial charge in [-0.25, -0.2) is 9.78 Å². The van der Waals surface area contributed by atoms with Gasteiger partial charge in [-0.1, -0.05) is 23.4 Å². The van der Waals surface area contributed by atoms with Crippen molar-refractivity contribution in [2.24, 2.45) is 0 Å². The summed E-state index contributed by atoms with van der Waals surface area (Å²) in [4.78, 5) is 15.2. The zero-order valence-electron chi connectivity index (χ0n) is 11.5. The Labute approximate surface area is 122 Å². The third-order valence-electron chi connectivity index (χ3n) is 1.91. The van der Waals surface area contributed by atoms with Crippen LogP contribution in [0.15, 0.2) is 12.3 Å². The molecule has 1 heterocycles. The first-order valence-corrected chi connectivity index (χ1v) is 6.21. The van der Waals surface area contributed by atoms with Gasteiger partial charge in [0.05, 0.1) is 17.7 Å². The largest absolute Gasteiger partial charge is 0.444 e. The summed E-state index contributed by atoms with van der Waals surface area (Å²) >= 11 is 5.85. The molecule has 1 aromatic heterocycles. The number of hydrogen-bond donors (Lipinski definition) is 1. The Kier molecular flexibility index (Phi) is 5.37. The number of ether oxygens (including phenoxy) is 1. The molecule has 0 radical (unpaired) electrons. The summed E-state index contributed by atoms with van der Waals surface area (Å²) in [5, 5.41) is 11.5. The van der Waals surface area contributed by atoms with Crippen molar-refractivity contribution in [3.05, 3.63) is 28.5 Å². The molecule has 1 amide bonds. The van der Waals surface area contributed by atoms with Crippen LogP contribution in [0.4, 0.5) is 4.79 Å². The molecule has 0 fully saturated rings. The van der Waals surface area contributed by atoms with E-state index in [1.54, 1.807) is 20.8 Å². The number of hydrogen-bond acceptors (Lipinski definition) is 4. The average Bonchev–Trinajstić information content (AvgIpc) is 2.34. The van der Waals surface area contributed by atoms with Crippen molar-refractivity contribution in [3.63, 3.8) is 0 Å². The zero-order chi connectivity index (χ0) is 15.2. The highest BCUT2D eigenvalue weighted by atomic mass is 35.5. The third-order valence-corrected chi connectivity index (χ3v) is 2.21. The van der Waals surface area contributed by atoms with Crippen molar-refractivity contribution in [3.8, 4) is 17.9 Å². The van der Waals surface area contributed by atoms with E-state index >= 15 is 0 Å². The highest BCUT2D eigenvalue weighted by molar-refractivity contribution is 6.30. The number of nitrogens with zero attached hydrogens (tertiary/aromatic N) is 2. The van der Waals surface area contributed by atoms with Gasteiger partial charge < -0.3 is 10.1 Å². The molecule has 0 unspecified atom stereocenters. The highest BCUT2D eigenvalue weighted by Crippen LogP contribution is 2.12. The van der Waals surface area contributed by atoms with Crippen molar-refractivity contribution >= 4 is 17.7 Å². The molecule has 1 aromatic rings. The lowest BCUT2D eigenvalue weighted by Gasteiger charge is -2.18. The topological polar surface area (TPSA) is 75.0 Å². The van der Waals surface area contributed by atoms with Crippen LogP contribution >= 0.6 is 11.6 Å². The number of amides is 1. The molecule has 20 heavy (non-hydrogen) atoms. The molecule has 5 nitrogen and oxygen atoms in total. The van der Waals surface area contributed by atoms with Crippen molar-refractivity contribution in [2.45, 2.75) is 26.4 Å². The Balaban J connectivity index is 2.60. The Hall–Kier alpha value is -2.24. The van der Waals surface area contributed by atoms with E-state index in [4.69, 9.17) is 21.6 Å². The lowest BCUT2D eigenvalue weighted by Crippen LogP contribution is -2.32. The second-order valence-electron chi connectivity index (χ2n) is 4.83. The second kappa shape index (κ2) is 6.79. The molecule has 0 aliphatic heterocycles. The molecular formula is C14H14ClN3O2. The number of halogens is 1. The average molecular weight is 292 g/mol. The lowest BCUT2D eigenvalue weighted by atomic mass is 10.2. The van der Waals surface area contributed by atoms with Crippen LogP contribution in [0.5, 0.6) is 0 Å². The molecule has 0 aliphatic rings. The fraction of sp³-hybridized carbons (Fsp3) is 0.357. The minimum absolute atomic E-state index is 0.113. The molecule has 0 aromatic carbocycles. The number of carbonyl (C=O) groups excluding carboxylic acids is 1. The fourth-order valence-corrected chi connectivity index (χ4v) is 1.32. The number of pyridine rings is 1. The Morgan fingerprint density at radius 3 is 2.85 bits per heavy atom. The molecule has 0 saturated carbocycles. The first-order valence-electron chi connectivity index (χ1n) is 5.83. The van der Waals surface area contributed by atoms with E-state index in [2.05, 4.69) is 22.1 Å². The van der Waals surface area contributed by atoms with E-state index in [1.807, 2.05) is 6.07 Å². The first kappa shape index (κ1) is 15.8. The Morgan fingerprint density at radius 2 is 2.25 bits per heavy atom. The number of alkyl carbamates (subject to hydrolysis) is 1. The summed E-state index contributed by atoms with van der Waals surface area (Å²) in [6.45, 7) is 5.44. The smallest absolute Gasteiger partial charge is 0.408 e. The summed E-state index contributed by atoms with van der Waals surface area (Å²) in [7, 11) is 0. The highest BCUT2D eigenvalue weighted by Gasteiger charge is 2.14. The van der Waals surface area contributed by atoms with Gasteiger partial charge in [-0.2, -0.15) is 5.26 Å². The van der Waals surface area contributed by atoms with Crippen molar-refractivity contribution in [2.75, 3.05) is 6.54 Å².